The molecular weight excluding hydrogens is 248 g/mol. The van der Waals surface area contributed by atoms with Gasteiger partial charge in [0.1, 0.15) is 0 Å². The summed E-state index contributed by atoms with van der Waals surface area (Å²) in [5, 5.41) is 13.3. The first-order valence-electron chi connectivity index (χ1n) is 7.40. The highest BCUT2D eigenvalue weighted by Crippen LogP contribution is 2.30. The summed E-state index contributed by atoms with van der Waals surface area (Å²) < 4.78 is 6.03. The van der Waals surface area contributed by atoms with Crippen molar-refractivity contribution in [3.8, 4) is 6.07 Å². The zero-order valence-electron chi connectivity index (χ0n) is 12.6. The van der Waals surface area contributed by atoms with E-state index in [1.807, 2.05) is 30.3 Å². The normalized spacial score (nSPS) is 18.3. The third-order valence-corrected chi connectivity index (χ3v) is 4.02. The molecular formula is C17H24N2O. The third kappa shape index (κ3) is 3.59. The fraction of sp³-hybridized carbons (Fsp3) is 0.588. The lowest BCUT2D eigenvalue weighted by Gasteiger charge is -2.33. The van der Waals surface area contributed by atoms with Crippen molar-refractivity contribution in [2.45, 2.75) is 57.2 Å². The minimum atomic E-state index is -0.741. The Hall–Kier alpha value is -1.37. The van der Waals surface area contributed by atoms with Crippen LogP contribution in [0.2, 0.25) is 0 Å². The third-order valence-electron chi connectivity index (χ3n) is 4.02. The highest BCUT2D eigenvalue weighted by molar-refractivity contribution is 5.32. The Balaban J connectivity index is 2.21. The number of ether oxygens (including phenoxy) is 1. The standard InChI is InChI=1S/C17H24N2O/c1-4-16(2,3)20-13-17(12-18,19-15-10-11-15)14-8-6-5-7-9-14/h5-9,15,19H,4,10-11,13H2,1-3H3. The van der Waals surface area contributed by atoms with E-state index in [2.05, 4.69) is 32.2 Å². The first-order valence-corrected chi connectivity index (χ1v) is 7.40. The Morgan fingerprint density at radius 3 is 2.45 bits per heavy atom. The molecule has 0 amide bonds. The first-order chi connectivity index (χ1) is 9.51. The number of hydrogen-bond acceptors (Lipinski definition) is 3. The van der Waals surface area contributed by atoms with Gasteiger partial charge in [-0.2, -0.15) is 5.26 Å². The molecule has 1 aliphatic carbocycles. The van der Waals surface area contributed by atoms with Gasteiger partial charge in [0.2, 0.25) is 0 Å². The number of nitrogens with zero attached hydrogens (tertiary/aromatic N) is 1. The van der Waals surface area contributed by atoms with Gasteiger partial charge in [-0.25, -0.2) is 0 Å². The molecule has 0 aromatic heterocycles. The Morgan fingerprint density at radius 1 is 1.30 bits per heavy atom. The van der Waals surface area contributed by atoms with Gasteiger partial charge in [-0.05, 0) is 38.7 Å². The quantitative estimate of drug-likeness (QED) is 0.827. The van der Waals surface area contributed by atoms with Crippen LogP contribution in [0.15, 0.2) is 30.3 Å². The molecule has 1 fully saturated rings. The summed E-state index contributed by atoms with van der Waals surface area (Å²) in [5.74, 6) is 0. The average molecular weight is 272 g/mol. The van der Waals surface area contributed by atoms with E-state index in [1.165, 1.54) is 0 Å². The molecule has 1 aromatic carbocycles. The second-order valence-electron chi connectivity index (χ2n) is 6.20. The van der Waals surface area contributed by atoms with Crippen LogP contribution in [0.3, 0.4) is 0 Å². The molecule has 1 unspecified atom stereocenters. The molecule has 20 heavy (non-hydrogen) atoms. The van der Waals surface area contributed by atoms with Crippen LogP contribution >= 0.6 is 0 Å². The van der Waals surface area contributed by atoms with Crippen molar-refractivity contribution >= 4 is 0 Å². The number of nitriles is 1. The summed E-state index contributed by atoms with van der Waals surface area (Å²) in [7, 11) is 0. The van der Waals surface area contributed by atoms with Gasteiger partial charge >= 0.3 is 0 Å². The van der Waals surface area contributed by atoms with Crippen molar-refractivity contribution in [3.05, 3.63) is 35.9 Å². The van der Waals surface area contributed by atoms with Crippen molar-refractivity contribution in [2.75, 3.05) is 6.61 Å². The fourth-order valence-corrected chi connectivity index (χ4v) is 2.04. The molecule has 0 radical (unpaired) electrons. The molecule has 3 nitrogen and oxygen atoms in total. The van der Waals surface area contributed by atoms with Crippen molar-refractivity contribution in [1.82, 2.24) is 5.32 Å². The van der Waals surface area contributed by atoms with Crippen LogP contribution in [-0.4, -0.2) is 18.2 Å². The van der Waals surface area contributed by atoms with Crippen LogP contribution in [0, 0.1) is 11.3 Å². The highest BCUT2D eigenvalue weighted by atomic mass is 16.5. The topological polar surface area (TPSA) is 45.0 Å². The average Bonchev–Trinajstić information content (AvgIpc) is 3.28. The molecule has 2 rings (SSSR count). The van der Waals surface area contributed by atoms with Gasteiger partial charge in [-0.1, -0.05) is 37.3 Å². The Labute approximate surface area is 121 Å². The monoisotopic (exact) mass is 272 g/mol. The minimum Gasteiger partial charge on any atom is -0.372 e. The van der Waals surface area contributed by atoms with Crippen LogP contribution in [0.25, 0.3) is 0 Å². The summed E-state index contributed by atoms with van der Waals surface area (Å²) in [4.78, 5) is 0. The van der Waals surface area contributed by atoms with E-state index in [9.17, 15) is 5.26 Å². The Kier molecular flexibility index (Phi) is 4.47. The predicted octanol–water partition coefficient (Wildman–Crippen LogP) is 3.36. The minimum absolute atomic E-state index is 0.206. The lowest BCUT2D eigenvalue weighted by Crippen LogP contribution is -2.48. The molecule has 108 valence electrons. The zero-order chi connectivity index (χ0) is 14.6. The van der Waals surface area contributed by atoms with E-state index in [0.717, 1.165) is 24.8 Å². The number of benzene rings is 1. The van der Waals surface area contributed by atoms with E-state index in [4.69, 9.17) is 4.74 Å². The zero-order valence-corrected chi connectivity index (χ0v) is 12.6. The van der Waals surface area contributed by atoms with Crippen LogP contribution < -0.4 is 5.32 Å². The fourth-order valence-electron chi connectivity index (χ4n) is 2.04. The van der Waals surface area contributed by atoms with Crippen LogP contribution in [0.1, 0.15) is 45.6 Å². The van der Waals surface area contributed by atoms with Crippen molar-refractivity contribution in [2.24, 2.45) is 0 Å². The van der Waals surface area contributed by atoms with Gasteiger partial charge in [-0.15, -0.1) is 0 Å². The largest absolute Gasteiger partial charge is 0.372 e. The van der Waals surface area contributed by atoms with Crippen LogP contribution in [0.5, 0.6) is 0 Å². The maximum absolute atomic E-state index is 9.78. The second kappa shape index (κ2) is 5.95. The molecule has 0 heterocycles. The second-order valence-corrected chi connectivity index (χ2v) is 6.20. The van der Waals surface area contributed by atoms with Gasteiger partial charge in [0.15, 0.2) is 5.54 Å². The summed E-state index contributed by atoms with van der Waals surface area (Å²) in [6.07, 6.45) is 3.22. The van der Waals surface area contributed by atoms with Gasteiger partial charge in [-0.3, -0.25) is 5.32 Å². The summed E-state index contributed by atoms with van der Waals surface area (Å²) in [5.41, 5.74) is 0.0399. The molecule has 0 spiro atoms. The lowest BCUT2D eigenvalue weighted by atomic mass is 9.91. The maximum Gasteiger partial charge on any atom is 0.156 e. The van der Waals surface area contributed by atoms with Crippen molar-refractivity contribution in [1.29, 1.82) is 5.26 Å². The molecule has 1 N–H and O–H groups in total. The van der Waals surface area contributed by atoms with E-state index < -0.39 is 5.54 Å². The SMILES string of the molecule is CCC(C)(C)OCC(C#N)(NC1CC1)c1ccccc1. The Bertz CT molecular complexity index is 474. The van der Waals surface area contributed by atoms with Crippen LogP contribution in [0.4, 0.5) is 0 Å². The maximum atomic E-state index is 9.78. The summed E-state index contributed by atoms with van der Waals surface area (Å²) in [6, 6.07) is 12.8. The molecule has 0 aliphatic heterocycles. The molecule has 3 heteroatoms. The van der Waals surface area contributed by atoms with Gasteiger partial charge in [0, 0.05) is 6.04 Å². The number of hydrogen-bond donors (Lipinski definition) is 1. The van der Waals surface area contributed by atoms with E-state index in [0.29, 0.717) is 12.6 Å². The van der Waals surface area contributed by atoms with E-state index in [-0.39, 0.29) is 5.60 Å². The molecule has 1 atom stereocenters. The first kappa shape index (κ1) is 15.0. The van der Waals surface area contributed by atoms with E-state index >= 15 is 0 Å². The van der Waals surface area contributed by atoms with E-state index in [1.54, 1.807) is 0 Å². The van der Waals surface area contributed by atoms with Crippen LogP contribution in [-0.2, 0) is 10.3 Å². The predicted molar refractivity (Wildman–Crippen MR) is 80.2 cm³/mol. The summed E-state index contributed by atoms with van der Waals surface area (Å²) >= 11 is 0. The van der Waals surface area contributed by atoms with Gasteiger partial charge in [0.05, 0.1) is 18.3 Å². The molecule has 0 bridgehead atoms. The molecule has 1 aliphatic rings. The van der Waals surface area contributed by atoms with Gasteiger partial charge in [0.25, 0.3) is 0 Å². The number of nitrogens with one attached hydrogen (secondary N) is 1. The number of rotatable bonds is 7. The molecule has 1 saturated carbocycles. The van der Waals surface area contributed by atoms with Crippen molar-refractivity contribution < 1.29 is 4.74 Å². The Morgan fingerprint density at radius 2 is 1.95 bits per heavy atom. The smallest absolute Gasteiger partial charge is 0.156 e. The van der Waals surface area contributed by atoms with Gasteiger partial charge < -0.3 is 4.74 Å². The lowest BCUT2D eigenvalue weighted by molar-refractivity contribution is -0.0425. The molecule has 1 aromatic rings. The summed E-state index contributed by atoms with van der Waals surface area (Å²) in [6.45, 7) is 6.62. The highest BCUT2D eigenvalue weighted by Gasteiger charge is 2.39. The molecule has 0 saturated heterocycles. The van der Waals surface area contributed by atoms with Crippen molar-refractivity contribution in [3.63, 3.8) is 0 Å².